The van der Waals surface area contributed by atoms with E-state index in [9.17, 15) is 0 Å². The molecule has 0 rings (SSSR count). The van der Waals surface area contributed by atoms with Gasteiger partial charge in [0.05, 0.1) is 0 Å². The van der Waals surface area contributed by atoms with Gasteiger partial charge >= 0.3 is 0 Å². The van der Waals surface area contributed by atoms with Crippen molar-refractivity contribution >= 4 is 11.8 Å². The number of nitrogens with zero attached hydrogens (tertiary/aromatic N) is 1. The fourth-order valence-electron chi connectivity index (χ4n) is 0.180. The highest BCUT2D eigenvalue weighted by Crippen LogP contribution is 2.02. The molecule has 0 N–H and O–H groups in total. The number of rotatable bonds is 2. The van der Waals surface area contributed by atoms with E-state index < -0.39 is 0 Å². The monoisotopic (exact) mass is 114 g/mol. The standard InChI is InChI=1S/C5H8NS/c1-5(2)3-7-4-6/h5H,1,3H2,2H3. The summed E-state index contributed by atoms with van der Waals surface area (Å²) in [4.78, 5) is 0. The van der Waals surface area contributed by atoms with Crippen LogP contribution in [-0.4, -0.2) is 5.75 Å². The summed E-state index contributed by atoms with van der Waals surface area (Å²) in [6.45, 7) is 5.69. The van der Waals surface area contributed by atoms with Gasteiger partial charge in [0, 0.05) is 5.75 Å². The van der Waals surface area contributed by atoms with Crippen LogP contribution < -0.4 is 0 Å². The van der Waals surface area contributed by atoms with Crippen LogP contribution in [0.25, 0.3) is 0 Å². The van der Waals surface area contributed by atoms with Crippen LogP contribution in [0.4, 0.5) is 0 Å². The Morgan fingerprint density at radius 3 is 2.71 bits per heavy atom. The molecule has 0 saturated carbocycles. The lowest BCUT2D eigenvalue weighted by molar-refractivity contribution is 0.844. The molecule has 0 aromatic rings. The number of thiocyanates is 1. The van der Waals surface area contributed by atoms with Crippen LogP contribution in [0.3, 0.4) is 0 Å². The molecule has 0 aliphatic heterocycles. The van der Waals surface area contributed by atoms with Gasteiger partial charge in [-0.05, 0) is 24.6 Å². The smallest absolute Gasteiger partial charge is 0.133 e. The SMILES string of the molecule is [CH2]C(C)CSC#N. The van der Waals surface area contributed by atoms with Gasteiger partial charge in [-0.1, -0.05) is 6.92 Å². The predicted molar refractivity (Wildman–Crippen MR) is 32.6 cm³/mol. The zero-order valence-electron chi connectivity index (χ0n) is 4.35. The molecule has 0 aromatic carbocycles. The molecule has 1 radical (unpaired) electrons. The third-order valence-electron chi connectivity index (χ3n) is 0.432. The van der Waals surface area contributed by atoms with Gasteiger partial charge in [-0.25, -0.2) is 0 Å². The van der Waals surface area contributed by atoms with Gasteiger partial charge in [0.25, 0.3) is 0 Å². The normalized spacial score (nSPS) is 8.86. The van der Waals surface area contributed by atoms with Crippen molar-refractivity contribution in [2.75, 3.05) is 5.75 Å². The van der Waals surface area contributed by atoms with E-state index in [0.717, 1.165) is 5.75 Å². The van der Waals surface area contributed by atoms with E-state index >= 15 is 0 Å². The Balaban J connectivity index is 2.86. The molecule has 0 aliphatic carbocycles. The van der Waals surface area contributed by atoms with Gasteiger partial charge < -0.3 is 0 Å². The largest absolute Gasteiger partial charge is 0.185 e. The van der Waals surface area contributed by atoms with Crippen molar-refractivity contribution in [3.63, 3.8) is 0 Å². The van der Waals surface area contributed by atoms with Crippen LogP contribution in [0.15, 0.2) is 0 Å². The molecular formula is C5H8NS. The maximum absolute atomic E-state index is 8.00. The predicted octanol–water partition coefficient (Wildman–Crippen LogP) is 1.67. The Labute approximate surface area is 48.7 Å². The van der Waals surface area contributed by atoms with Crippen molar-refractivity contribution in [2.24, 2.45) is 5.92 Å². The zero-order valence-corrected chi connectivity index (χ0v) is 5.16. The fraction of sp³-hybridized carbons (Fsp3) is 0.600. The molecule has 0 saturated heterocycles. The average molecular weight is 114 g/mol. The molecule has 1 nitrogen and oxygen atoms in total. The van der Waals surface area contributed by atoms with Gasteiger partial charge in [-0.15, -0.1) is 0 Å². The maximum Gasteiger partial charge on any atom is 0.133 e. The molecular weight excluding hydrogens is 106 g/mol. The Bertz CT molecular complexity index is 72.6. The highest BCUT2D eigenvalue weighted by atomic mass is 32.2. The van der Waals surface area contributed by atoms with Gasteiger partial charge in [0.1, 0.15) is 5.40 Å². The van der Waals surface area contributed by atoms with E-state index in [4.69, 9.17) is 5.26 Å². The van der Waals surface area contributed by atoms with Gasteiger partial charge in [0.2, 0.25) is 0 Å². The minimum atomic E-state index is 0.393. The summed E-state index contributed by atoms with van der Waals surface area (Å²) in [5.41, 5.74) is 0. The minimum absolute atomic E-state index is 0.393. The van der Waals surface area contributed by atoms with E-state index in [1.807, 2.05) is 12.3 Å². The number of hydrogen-bond donors (Lipinski definition) is 0. The van der Waals surface area contributed by atoms with Gasteiger partial charge in [0.15, 0.2) is 0 Å². The highest BCUT2D eigenvalue weighted by Gasteiger charge is 1.89. The van der Waals surface area contributed by atoms with E-state index in [0.29, 0.717) is 5.92 Å². The van der Waals surface area contributed by atoms with Crippen molar-refractivity contribution in [3.05, 3.63) is 6.92 Å². The molecule has 7 heavy (non-hydrogen) atoms. The summed E-state index contributed by atoms with van der Waals surface area (Å²) in [6, 6.07) is 0. The Morgan fingerprint density at radius 1 is 2.00 bits per heavy atom. The Morgan fingerprint density at radius 2 is 2.57 bits per heavy atom. The van der Waals surface area contributed by atoms with Crippen LogP contribution in [0.1, 0.15) is 6.92 Å². The quantitative estimate of drug-likeness (QED) is 0.510. The first-order valence-electron chi connectivity index (χ1n) is 2.11. The minimum Gasteiger partial charge on any atom is -0.185 e. The molecule has 0 amide bonds. The van der Waals surface area contributed by atoms with Crippen molar-refractivity contribution in [1.29, 1.82) is 5.26 Å². The summed E-state index contributed by atoms with van der Waals surface area (Å²) in [7, 11) is 0. The highest BCUT2D eigenvalue weighted by molar-refractivity contribution is 8.03. The summed E-state index contributed by atoms with van der Waals surface area (Å²) < 4.78 is 0. The number of thioether (sulfide) groups is 1. The summed E-state index contributed by atoms with van der Waals surface area (Å²) >= 11 is 1.26. The van der Waals surface area contributed by atoms with E-state index in [1.54, 1.807) is 0 Å². The average Bonchev–Trinajstić information content (AvgIpc) is 1.61. The number of hydrogen-bond acceptors (Lipinski definition) is 2. The molecule has 0 aromatic heterocycles. The number of nitriles is 1. The summed E-state index contributed by atoms with van der Waals surface area (Å²) in [6.07, 6.45) is 0. The molecule has 0 aliphatic rings. The second-order valence-electron chi connectivity index (χ2n) is 1.51. The molecule has 39 valence electrons. The van der Waals surface area contributed by atoms with Crippen molar-refractivity contribution in [1.82, 2.24) is 0 Å². The molecule has 0 bridgehead atoms. The first-order chi connectivity index (χ1) is 3.27. The molecule has 2 heteroatoms. The van der Waals surface area contributed by atoms with Crippen LogP contribution in [-0.2, 0) is 0 Å². The molecule has 1 unspecified atom stereocenters. The lowest BCUT2D eigenvalue weighted by atomic mass is 10.3. The lowest BCUT2D eigenvalue weighted by Gasteiger charge is -1.93. The van der Waals surface area contributed by atoms with Gasteiger partial charge in [-0.2, -0.15) is 5.26 Å². The topological polar surface area (TPSA) is 23.8 Å². The summed E-state index contributed by atoms with van der Waals surface area (Å²) in [5, 5.41) is 9.98. The Kier molecular flexibility index (Phi) is 3.92. The van der Waals surface area contributed by atoms with E-state index in [-0.39, 0.29) is 0 Å². The van der Waals surface area contributed by atoms with Crippen LogP contribution in [0.2, 0.25) is 0 Å². The fourth-order valence-corrected chi connectivity index (χ4v) is 0.539. The Hall–Kier alpha value is -0.160. The third-order valence-corrected chi connectivity index (χ3v) is 1.30. The van der Waals surface area contributed by atoms with Crippen LogP contribution >= 0.6 is 11.8 Å². The van der Waals surface area contributed by atoms with Crippen molar-refractivity contribution < 1.29 is 0 Å². The first kappa shape index (κ1) is 6.84. The second-order valence-corrected chi connectivity index (χ2v) is 2.31. The summed E-state index contributed by atoms with van der Waals surface area (Å²) in [5.74, 6) is 1.24. The second kappa shape index (κ2) is 4.01. The maximum atomic E-state index is 8.00. The van der Waals surface area contributed by atoms with Crippen molar-refractivity contribution in [2.45, 2.75) is 6.92 Å². The molecule has 1 atom stereocenters. The van der Waals surface area contributed by atoms with E-state index in [1.165, 1.54) is 11.8 Å². The lowest BCUT2D eigenvalue weighted by Crippen LogP contribution is -1.87. The van der Waals surface area contributed by atoms with Gasteiger partial charge in [-0.3, -0.25) is 0 Å². The van der Waals surface area contributed by atoms with Crippen molar-refractivity contribution in [3.8, 4) is 5.40 Å². The molecule has 0 heterocycles. The first-order valence-corrected chi connectivity index (χ1v) is 3.10. The third kappa shape index (κ3) is 5.84. The van der Waals surface area contributed by atoms with Crippen LogP contribution in [0, 0.1) is 23.5 Å². The van der Waals surface area contributed by atoms with E-state index in [2.05, 4.69) is 6.92 Å². The molecule has 0 fully saturated rings. The van der Waals surface area contributed by atoms with Crippen LogP contribution in [0.5, 0.6) is 0 Å². The molecule has 0 spiro atoms. The zero-order chi connectivity index (χ0) is 5.70.